The zero-order valence-electron chi connectivity index (χ0n) is 8.86. The fourth-order valence-electron chi connectivity index (χ4n) is 2.18. The van der Waals surface area contributed by atoms with Gasteiger partial charge in [0, 0.05) is 11.9 Å². The van der Waals surface area contributed by atoms with Crippen molar-refractivity contribution in [3.63, 3.8) is 0 Å². The van der Waals surface area contributed by atoms with Gasteiger partial charge in [0.1, 0.15) is 6.07 Å². The largest absolute Gasteiger partial charge is 0.478 e. The smallest absolute Gasteiger partial charge is 0.337 e. The number of pyridine rings is 1. The summed E-state index contributed by atoms with van der Waals surface area (Å²) < 4.78 is 0. The second-order valence-electron chi connectivity index (χ2n) is 3.95. The van der Waals surface area contributed by atoms with E-state index in [2.05, 4.69) is 4.98 Å². The molecule has 0 fully saturated rings. The zero-order chi connectivity index (χ0) is 11.5. The molecule has 1 aliphatic rings. The molecule has 0 unspecified atom stereocenters. The summed E-state index contributed by atoms with van der Waals surface area (Å²) in [5.74, 6) is -1.02. The number of carboxylic acid groups (broad SMARTS) is 1. The first kappa shape index (κ1) is 10.6. The van der Waals surface area contributed by atoms with E-state index in [4.69, 9.17) is 10.4 Å². The Hall–Kier alpha value is -1.89. The summed E-state index contributed by atoms with van der Waals surface area (Å²) in [6, 6.07) is 1.90. The molecular formula is C12H12N2O2. The number of nitriles is 1. The van der Waals surface area contributed by atoms with Crippen LogP contribution in [-0.4, -0.2) is 16.1 Å². The minimum Gasteiger partial charge on any atom is -0.478 e. The maximum absolute atomic E-state index is 11.2. The first-order valence-corrected chi connectivity index (χ1v) is 5.38. The topological polar surface area (TPSA) is 74.0 Å². The number of nitrogens with zero attached hydrogens (tertiary/aromatic N) is 2. The number of hydrogen-bond donors (Lipinski definition) is 1. The van der Waals surface area contributed by atoms with E-state index in [0.717, 1.165) is 43.4 Å². The zero-order valence-corrected chi connectivity index (χ0v) is 8.86. The number of fused-ring (bicyclic) bond motifs is 1. The highest BCUT2D eigenvalue weighted by Crippen LogP contribution is 2.24. The van der Waals surface area contributed by atoms with Crippen molar-refractivity contribution in [1.29, 1.82) is 5.26 Å². The van der Waals surface area contributed by atoms with Crippen molar-refractivity contribution in [3.05, 3.63) is 28.6 Å². The van der Waals surface area contributed by atoms with Crippen molar-refractivity contribution in [2.45, 2.75) is 32.1 Å². The molecule has 0 aromatic carbocycles. The van der Waals surface area contributed by atoms with Crippen LogP contribution in [-0.2, 0) is 12.8 Å². The minimum absolute atomic E-state index is 0.161. The number of carbonyl (C=O) groups is 1. The average molecular weight is 216 g/mol. The molecule has 4 nitrogen and oxygen atoms in total. The van der Waals surface area contributed by atoms with Gasteiger partial charge in [-0.25, -0.2) is 4.79 Å². The van der Waals surface area contributed by atoms with Crippen LogP contribution in [0.5, 0.6) is 0 Å². The molecular weight excluding hydrogens is 204 g/mol. The lowest BCUT2D eigenvalue weighted by Gasteiger charge is -2.09. The number of aromatic carboxylic acids is 1. The second kappa shape index (κ2) is 4.31. The standard InChI is InChI=1S/C12H12N2O2/c13-6-8-7-14-10-5-3-1-2-4-9(10)11(8)12(15)16/h7H,1-5H2,(H,15,16). The van der Waals surface area contributed by atoms with Crippen molar-refractivity contribution >= 4 is 5.97 Å². The lowest BCUT2D eigenvalue weighted by molar-refractivity contribution is 0.0695. The van der Waals surface area contributed by atoms with Crippen LogP contribution in [0.3, 0.4) is 0 Å². The Bertz CT molecular complexity index is 475. The predicted octanol–water partition coefficient (Wildman–Crippen LogP) is 1.92. The number of hydrogen-bond acceptors (Lipinski definition) is 3. The molecule has 2 rings (SSSR count). The molecule has 1 N–H and O–H groups in total. The van der Waals surface area contributed by atoms with Crippen molar-refractivity contribution in [1.82, 2.24) is 4.98 Å². The van der Waals surface area contributed by atoms with Crippen LogP contribution >= 0.6 is 0 Å². The van der Waals surface area contributed by atoms with Crippen LogP contribution in [0.2, 0.25) is 0 Å². The van der Waals surface area contributed by atoms with Gasteiger partial charge in [-0.1, -0.05) is 6.42 Å². The van der Waals surface area contributed by atoms with E-state index in [9.17, 15) is 4.79 Å². The van der Waals surface area contributed by atoms with E-state index in [1.807, 2.05) is 6.07 Å². The van der Waals surface area contributed by atoms with Crippen molar-refractivity contribution in [2.24, 2.45) is 0 Å². The van der Waals surface area contributed by atoms with Gasteiger partial charge in [0.15, 0.2) is 0 Å². The van der Waals surface area contributed by atoms with Gasteiger partial charge >= 0.3 is 5.97 Å². The lowest BCUT2D eigenvalue weighted by Crippen LogP contribution is -2.10. The van der Waals surface area contributed by atoms with Gasteiger partial charge in [-0.05, 0) is 31.2 Å². The molecule has 0 saturated carbocycles. The number of rotatable bonds is 1. The second-order valence-corrected chi connectivity index (χ2v) is 3.95. The minimum atomic E-state index is -1.02. The van der Waals surface area contributed by atoms with Crippen LogP contribution in [0.25, 0.3) is 0 Å². The van der Waals surface area contributed by atoms with Crippen LogP contribution in [0, 0.1) is 11.3 Å². The van der Waals surface area contributed by atoms with Crippen molar-refractivity contribution < 1.29 is 9.90 Å². The molecule has 1 aromatic heterocycles. The van der Waals surface area contributed by atoms with Crippen LogP contribution in [0.15, 0.2) is 6.20 Å². The lowest BCUT2D eigenvalue weighted by atomic mass is 9.98. The SMILES string of the molecule is N#Cc1cnc2c(c1C(=O)O)CCCCC2. The molecule has 16 heavy (non-hydrogen) atoms. The van der Waals surface area contributed by atoms with E-state index in [-0.39, 0.29) is 11.1 Å². The van der Waals surface area contributed by atoms with Gasteiger partial charge < -0.3 is 5.11 Å². The molecule has 0 saturated heterocycles. The van der Waals surface area contributed by atoms with E-state index >= 15 is 0 Å². The van der Waals surface area contributed by atoms with E-state index in [1.165, 1.54) is 6.20 Å². The number of aryl methyl sites for hydroxylation is 1. The highest BCUT2D eigenvalue weighted by molar-refractivity contribution is 5.92. The first-order valence-electron chi connectivity index (χ1n) is 5.38. The van der Waals surface area contributed by atoms with E-state index < -0.39 is 5.97 Å². The average Bonchev–Trinajstić information content (AvgIpc) is 2.51. The maximum Gasteiger partial charge on any atom is 0.337 e. The quantitative estimate of drug-likeness (QED) is 0.728. The fraction of sp³-hybridized carbons (Fsp3) is 0.417. The molecule has 0 radical (unpaired) electrons. The normalized spacial score (nSPS) is 14.7. The van der Waals surface area contributed by atoms with E-state index in [1.54, 1.807) is 0 Å². The third kappa shape index (κ3) is 1.76. The molecule has 4 heteroatoms. The predicted molar refractivity (Wildman–Crippen MR) is 57.2 cm³/mol. The van der Waals surface area contributed by atoms with Crippen molar-refractivity contribution in [2.75, 3.05) is 0 Å². The molecule has 0 aliphatic heterocycles. The highest BCUT2D eigenvalue weighted by Gasteiger charge is 2.21. The monoisotopic (exact) mass is 216 g/mol. The van der Waals surface area contributed by atoms with Crippen molar-refractivity contribution in [3.8, 4) is 6.07 Å². The van der Waals surface area contributed by atoms with Gasteiger partial charge in [0.2, 0.25) is 0 Å². The summed E-state index contributed by atoms with van der Waals surface area (Å²) in [5, 5.41) is 18.1. The van der Waals surface area contributed by atoms with Gasteiger partial charge in [-0.15, -0.1) is 0 Å². The highest BCUT2D eigenvalue weighted by atomic mass is 16.4. The van der Waals surface area contributed by atoms with Gasteiger partial charge in [-0.3, -0.25) is 4.98 Å². The molecule has 1 aromatic rings. The molecule has 1 aliphatic carbocycles. The number of carboxylic acids is 1. The van der Waals surface area contributed by atoms with Crippen LogP contribution in [0.4, 0.5) is 0 Å². The van der Waals surface area contributed by atoms with Crippen LogP contribution in [0.1, 0.15) is 46.4 Å². The number of aromatic nitrogens is 1. The summed E-state index contributed by atoms with van der Waals surface area (Å²) in [5.41, 5.74) is 1.96. The Balaban J connectivity index is 2.62. The summed E-state index contributed by atoms with van der Waals surface area (Å²) in [7, 11) is 0. The summed E-state index contributed by atoms with van der Waals surface area (Å²) in [6.45, 7) is 0. The Morgan fingerprint density at radius 1 is 1.38 bits per heavy atom. The summed E-state index contributed by atoms with van der Waals surface area (Å²) in [4.78, 5) is 15.4. The molecule has 0 atom stereocenters. The first-order chi connectivity index (χ1) is 7.74. The molecule has 1 heterocycles. The Kier molecular flexibility index (Phi) is 2.86. The Morgan fingerprint density at radius 3 is 2.81 bits per heavy atom. The van der Waals surface area contributed by atoms with Crippen LogP contribution < -0.4 is 0 Å². The van der Waals surface area contributed by atoms with Gasteiger partial charge in [0.05, 0.1) is 11.1 Å². The summed E-state index contributed by atoms with van der Waals surface area (Å²) in [6.07, 6.45) is 6.04. The fourth-order valence-corrected chi connectivity index (χ4v) is 2.18. The Labute approximate surface area is 93.5 Å². The van der Waals surface area contributed by atoms with Gasteiger partial charge in [-0.2, -0.15) is 5.26 Å². The maximum atomic E-state index is 11.2. The summed E-state index contributed by atoms with van der Waals surface area (Å²) >= 11 is 0. The van der Waals surface area contributed by atoms with E-state index in [0.29, 0.717) is 0 Å². The molecule has 82 valence electrons. The Morgan fingerprint density at radius 2 is 2.12 bits per heavy atom. The third-order valence-electron chi connectivity index (χ3n) is 2.94. The third-order valence-corrected chi connectivity index (χ3v) is 2.94. The molecule has 0 spiro atoms. The molecule has 0 bridgehead atoms. The van der Waals surface area contributed by atoms with Gasteiger partial charge in [0.25, 0.3) is 0 Å². The molecule has 0 amide bonds.